The van der Waals surface area contributed by atoms with E-state index in [0.717, 1.165) is 35.1 Å². The van der Waals surface area contributed by atoms with Gasteiger partial charge in [0.25, 0.3) is 11.9 Å². The van der Waals surface area contributed by atoms with Crippen LogP contribution in [-0.2, 0) is 27.3 Å². The van der Waals surface area contributed by atoms with E-state index in [2.05, 4.69) is 11.6 Å². The third-order valence-corrected chi connectivity index (χ3v) is 5.75. The molecule has 1 saturated heterocycles. The Morgan fingerprint density at radius 1 is 1.31 bits per heavy atom. The van der Waals surface area contributed by atoms with Crippen LogP contribution in [0, 0.1) is 0 Å². The van der Waals surface area contributed by atoms with Gasteiger partial charge in [0.15, 0.2) is 0 Å². The van der Waals surface area contributed by atoms with Gasteiger partial charge < -0.3 is 20.1 Å². The number of benzene rings is 1. The number of hydrogen-bond donors (Lipinski definition) is 1. The van der Waals surface area contributed by atoms with Crippen molar-refractivity contribution in [1.82, 2.24) is 4.90 Å². The molecule has 1 fully saturated rings. The fourth-order valence-corrected chi connectivity index (χ4v) is 3.86. The quantitative estimate of drug-likeness (QED) is 0.793. The lowest BCUT2D eigenvalue weighted by atomic mass is 9.81. The van der Waals surface area contributed by atoms with Crippen LogP contribution in [-0.4, -0.2) is 42.6 Å². The van der Waals surface area contributed by atoms with Gasteiger partial charge in [-0.25, -0.2) is 0 Å². The van der Waals surface area contributed by atoms with Crippen molar-refractivity contribution < 1.29 is 14.3 Å². The van der Waals surface area contributed by atoms with E-state index >= 15 is 0 Å². The van der Waals surface area contributed by atoms with Crippen molar-refractivity contribution in [3.63, 3.8) is 0 Å². The van der Waals surface area contributed by atoms with Gasteiger partial charge in [-0.2, -0.15) is 4.99 Å². The Hall–Kier alpha value is -2.86. The minimum absolute atomic E-state index is 0.188. The van der Waals surface area contributed by atoms with Crippen molar-refractivity contribution in [3.05, 3.63) is 71.5 Å². The number of nitrogens with two attached hydrogens (primary N) is 1. The van der Waals surface area contributed by atoms with Gasteiger partial charge >= 0.3 is 0 Å². The van der Waals surface area contributed by atoms with Gasteiger partial charge in [0.05, 0.1) is 12.0 Å². The van der Waals surface area contributed by atoms with Gasteiger partial charge in [0.2, 0.25) is 0 Å². The molecular formula is C23H29N3O3. The number of ether oxygens (including phenoxy) is 2. The van der Waals surface area contributed by atoms with Gasteiger partial charge in [0, 0.05) is 20.2 Å². The molecule has 0 atom stereocenters. The van der Waals surface area contributed by atoms with Crippen LogP contribution in [0.3, 0.4) is 0 Å². The van der Waals surface area contributed by atoms with Gasteiger partial charge in [-0.15, -0.1) is 0 Å². The van der Waals surface area contributed by atoms with Crippen molar-refractivity contribution >= 4 is 11.9 Å². The zero-order valence-electron chi connectivity index (χ0n) is 17.2. The Balaban J connectivity index is 1.72. The maximum atomic E-state index is 12.4. The Morgan fingerprint density at radius 3 is 2.66 bits per heavy atom. The highest BCUT2D eigenvalue weighted by molar-refractivity contribution is 5.92. The van der Waals surface area contributed by atoms with E-state index in [1.54, 1.807) is 13.2 Å². The zero-order valence-corrected chi connectivity index (χ0v) is 17.2. The third kappa shape index (κ3) is 4.59. The van der Waals surface area contributed by atoms with Crippen molar-refractivity contribution in [2.24, 2.45) is 10.7 Å². The lowest BCUT2D eigenvalue weighted by molar-refractivity contribution is -0.117. The highest BCUT2D eigenvalue weighted by Gasteiger charge is 2.39. The van der Waals surface area contributed by atoms with E-state index in [9.17, 15) is 4.79 Å². The largest absolute Gasteiger partial charge is 0.460 e. The first-order chi connectivity index (χ1) is 14.0. The van der Waals surface area contributed by atoms with Gasteiger partial charge in [-0.1, -0.05) is 36.9 Å². The van der Waals surface area contributed by atoms with E-state index in [1.165, 1.54) is 6.20 Å². The number of rotatable bonds is 4. The van der Waals surface area contributed by atoms with E-state index in [1.807, 2.05) is 42.2 Å². The Morgan fingerprint density at radius 2 is 2.00 bits per heavy atom. The second-order valence-corrected chi connectivity index (χ2v) is 7.42. The second kappa shape index (κ2) is 9.09. The van der Waals surface area contributed by atoms with Crippen LogP contribution in [0.1, 0.15) is 30.9 Å². The number of likely N-dealkylation sites (tertiary alicyclic amines) is 1. The summed E-state index contributed by atoms with van der Waals surface area (Å²) in [6, 6.07) is 8.23. The lowest BCUT2D eigenvalue weighted by Gasteiger charge is -2.43. The predicted molar refractivity (Wildman–Crippen MR) is 114 cm³/mol. The van der Waals surface area contributed by atoms with E-state index in [-0.39, 0.29) is 5.91 Å². The minimum atomic E-state index is -0.446. The molecule has 0 unspecified atom stereocenters. The van der Waals surface area contributed by atoms with Crippen LogP contribution in [0.2, 0.25) is 0 Å². The van der Waals surface area contributed by atoms with Crippen molar-refractivity contribution in [2.75, 3.05) is 20.2 Å². The lowest BCUT2D eigenvalue weighted by Crippen LogP contribution is -2.49. The molecule has 6 nitrogen and oxygen atoms in total. The van der Waals surface area contributed by atoms with E-state index in [0.29, 0.717) is 32.1 Å². The molecule has 2 aliphatic rings. The number of carbonyl (C=O) groups excluding carboxylic acids is 1. The molecule has 0 aromatic heterocycles. The van der Waals surface area contributed by atoms with Gasteiger partial charge in [0.1, 0.15) is 6.61 Å². The highest BCUT2D eigenvalue weighted by Crippen LogP contribution is 2.36. The summed E-state index contributed by atoms with van der Waals surface area (Å²) in [6.07, 6.45) is 6.99. The van der Waals surface area contributed by atoms with E-state index in [4.69, 9.17) is 15.2 Å². The number of allylic oxidation sites excluding steroid dienone is 2. The first kappa shape index (κ1) is 20.9. The average molecular weight is 396 g/mol. The number of fused-ring (bicyclic) bond motifs is 1. The number of methoxy groups -OCH3 is 1. The third-order valence-electron chi connectivity index (χ3n) is 5.75. The molecule has 0 aliphatic carbocycles. The molecule has 29 heavy (non-hydrogen) atoms. The summed E-state index contributed by atoms with van der Waals surface area (Å²) in [5.41, 5.74) is 8.98. The summed E-state index contributed by atoms with van der Waals surface area (Å²) in [5, 5.41) is 0. The molecule has 2 N–H and O–H groups in total. The summed E-state index contributed by atoms with van der Waals surface area (Å²) in [4.78, 5) is 18.6. The first-order valence-electron chi connectivity index (χ1n) is 9.85. The Kier molecular flexibility index (Phi) is 6.54. The van der Waals surface area contributed by atoms with Crippen molar-refractivity contribution in [1.29, 1.82) is 0 Å². The molecule has 6 heteroatoms. The number of amides is 1. The van der Waals surface area contributed by atoms with Gasteiger partial charge in [-0.05, 0) is 54.3 Å². The number of nitrogens with zero attached hydrogens (tertiary/aromatic N) is 2. The maximum Gasteiger partial charge on any atom is 0.295 e. The molecule has 154 valence electrons. The van der Waals surface area contributed by atoms with Crippen molar-refractivity contribution in [3.8, 4) is 0 Å². The van der Waals surface area contributed by atoms with Crippen molar-refractivity contribution in [2.45, 2.75) is 38.4 Å². The molecule has 0 spiro atoms. The minimum Gasteiger partial charge on any atom is -0.460 e. The molecule has 2 aliphatic heterocycles. The summed E-state index contributed by atoms with van der Waals surface area (Å²) < 4.78 is 11.9. The molecule has 0 saturated carbocycles. The zero-order chi connectivity index (χ0) is 20.9. The van der Waals surface area contributed by atoms with E-state index < -0.39 is 5.60 Å². The fourth-order valence-electron chi connectivity index (χ4n) is 3.86. The molecule has 1 amide bonds. The number of aliphatic imine (C=N–C) groups is 1. The number of amidine groups is 1. The molecular weight excluding hydrogens is 366 g/mol. The molecule has 0 radical (unpaired) electrons. The Labute approximate surface area is 172 Å². The molecule has 2 heterocycles. The van der Waals surface area contributed by atoms with Gasteiger partial charge in [-0.3, -0.25) is 4.79 Å². The normalized spacial score (nSPS) is 19.8. The van der Waals surface area contributed by atoms with Crippen LogP contribution in [0.5, 0.6) is 0 Å². The molecule has 1 aromatic rings. The van der Waals surface area contributed by atoms with Crippen LogP contribution >= 0.6 is 0 Å². The molecule has 0 bridgehead atoms. The fraction of sp³-hybridized carbons (Fsp3) is 0.391. The summed E-state index contributed by atoms with van der Waals surface area (Å²) in [7, 11) is 1.72. The Bertz CT molecular complexity index is 862. The first-order valence-corrected chi connectivity index (χ1v) is 9.85. The predicted octanol–water partition coefficient (Wildman–Crippen LogP) is 3.10. The topological polar surface area (TPSA) is 77.2 Å². The highest BCUT2D eigenvalue weighted by atomic mass is 16.5. The number of hydrogen-bond acceptors (Lipinski definition) is 5. The van der Waals surface area contributed by atoms with Crippen LogP contribution in [0.25, 0.3) is 0 Å². The number of carbonyl (C=O) groups is 1. The van der Waals surface area contributed by atoms with Crippen LogP contribution in [0.4, 0.5) is 0 Å². The maximum absolute atomic E-state index is 12.4. The van der Waals surface area contributed by atoms with Crippen LogP contribution in [0.15, 0.2) is 65.3 Å². The second-order valence-electron chi connectivity index (χ2n) is 7.42. The average Bonchev–Trinajstić information content (AvgIpc) is 2.74. The summed E-state index contributed by atoms with van der Waals surface area (Å²) in [5.74, 6) is -0.188. The molecule has 1 aromatic carbocycles. The monoisotopic (exact) mass is 395 g/mol. The van der Waals surface area contributed by atoms with Crippen LogP contribution < -0.4 is 5.73 Å². The smallest absolute Gasteiger partial charge is 0.295 e. The number of piperidine rings is 1. The summed E-state index contributed by atoms with van der Waals surface area (Å²) >= 11 is 0. The molecule has 3 rings (SSSR count). The standard InChI is InChI=1S/C23H29N3O3/c1-17(7-6-12-24)18(2)23(28-3)10-13-26(14-11-23)22-25-21(27)15-19-8-4-5-9-20(19)16-29-22/h4-9,12H,2,10-11,13-16,24H2,1,3H3/b12-6-,17-7-,25-22?. The summed E-state index contributed by atoms with van der Waals surface area (Å²) in [6.45, 7) is 8.03. The SMILES string of the molecule is C=C(/C(C)=C\C=C/N)C1(OC)CCN(C2=NC(=O)Cc3ccccc3CO2)CC1.